The molecular formula is C16H18N2O3. The maximum Gasteiger partial charge on any atom is 0.251 e. The molecule has 2 aromatic carbocycles. The van der Waals surface area contributed by atoms with Crippen LogP contribution in [0.2, 0.25) is 0 Å². The van der Waals surface area contributed by atoms with Crippen LogP contribution in [0.25, 0.3) is 0 Å². The third-order valence-corrected chi connectivity index (χ3v) is 3.15. The monoisotopic (exact) mass is 286 g/mol. The first-order chi connectivity index (χ1) is 10.1. The molecule has 21 heavy (non-hydrogen) atoms. The third kappa shape index (κ3) is 4.22. The number of nitrogens with one attached hydrogen (secondary N) is 1. The fourth-order valence-electron chi connectivity index (χ4n) is 1.98. The Labute approximate surface area is 123 Å². The summed E-state index contributed by atoms with van der Waals surface area (Å²) in [5, 5.41) is 21.4. The average Bonchev–Trinajstić information content (AvgIpc) is 2.49. The van der Waals surface area contributed by atoms with Crippen molar-refractivity contribution in [2.24, 2.45) is 0 Å². The number of amides is 1. The van der Waals surface area contributed by atoms with E-state index in [2.05, 4.69) is 5.32 Å². The molecule has 0 spiro atoms. The Morgan fingerprint density at radius 1 is 1.10 bits per heavy atom. The van der Waals surface area contributed by atoms with Crippen LogP contribution in [-0.2, 0) is 6.42 Å². The summed E-state index contributed by atoms with van der Waals surface area (Å²) in [5.74, 6) is -0.0713. The minimum Gasteiger partial charge on any atom is -0.508 e. The molecule has 0 bridgehead atoms. The summed E-state index contributed by atoms with van der Waals surface area (Å²) in [6, 6.07) is 12.9. The lowest BCUT2D eigenvalue weighted by Crippen LogP contribution is -2.39. The lowest BCUT2D eigenvalue weighted by molar-refractivity contribution is 0.0916. The van der Waals surface area contributed by atoms with Crippen molar-refractivity contribution in [2.45, 2.75) is 12.5 Å². The molecule has 2 rings (SSSR count). The number of aliphatic hydroxyl groups is 1. The predicted octanol–water partition coefficient (Wildman–Crippen LogP) is 1.31. The fraction of sp³-hybridized carbons (Fsp3) is 0.188. The molecule has 0 aliphatic carbocycles. The predicted molar refractivity (Wildman–Crippen MR) is 81.0 cm³/mol. The zero-order valence-corrected chi connectivity index (χ0v) is 11.5. The van der Waals surface area contributed by atoms with Crippen LogP contribution in [-0.4, -0.2) is 28.8 Å². The second kappa shape index (κ2) is 6.76. The van der Waals surface area contributed by atoms with Crippen molar-refractivity contribution in [3.05, 3.63) is 59.7 Å². The molecular weight excluding hydrogens is 268 g/mol. The summed E-state index contributed by atoms with van der Waals surface area (Å²) in [6.45, 7) is -0.165. The number of phenolic OH excluding ortho intramolecular Hbond substituents is 1. The van der Waals surface area contributed by atoms with Gasteiger partial charge in [0.25, 0.3) is 5.91 Å². The van der Waals surface area contributed by atoms with Crippen LogP contribution in [0.5, 0.6) is 5.75 Å². The van der Waals surface area contributed by atoms with Crippen LogP contribution in [0.3, 0.4) is 0 Å². The van der Waals surface area contributed by atoms with Crippen LogP contribution in [0.1, 0.15) is 15.9 Å². The first-order valence-corrected chi connectivity index (χ1v) is 6.63. The maximum atomic E-state index is 12.1. The van der Waals surface area contributed by atoms with Gasteiger partial charge in [0.1, 0.15) is 5.75 Å². The molecule has 0 saturated heterocycles. The van der Waals surface area contributed by atoms with Gasteiger partial charge in [-0.25, -0.2) is 0 Å². The molecule has 0 aliphatic rings. The number of nitrogens with two attached hydrogens (primary N) is 1. The van der Waals surface area contributed by atoms with Gasteiger partial charge in [-0.3, -0.25) is 4.79 Å². The van der Waals surface area contributed by atoms with E-state index in [1.54, 1.807) is 48.5 Å². The van der Waals surface area contributed by atoms with Gasteiger partial charge < -0.3 is 21.3 Å². The van der Waals surface area contributed by atoms with Crippen LogP contribution in [0.15, 0.2) is 48.5 Å². The summed E-state index contributed by atoms with van der Waals surface area (Å²) in [6.07, 6.45) is 0.484. The second-order valence-electron chi connectivity index (χ2n) is 4.85. The molecule has 5 heteroatoms. The zero-order chi connectivity index (χ0) is 15.2. The number of aliphatic hydroxyl groups excluding tert-OH is 1. The van der Waals surface area contributed by atoms with E-state index in [1.165, 1.54) is 0 Å². The van der Waals surface area contributed by atoms with Gasteiger partial charge >= 0.3 is 0 Å². The van der Waals surface area contributed by atoms with E-state index in [9.17, 15) is 15.0 Å². The summed E-state index contributed by atoms with van der Waals surface area (Å²) in [5.41, 5.74) is 7.58. The van der Waals surface area contributed by atoms with E-state index in [-0.39, 0.29) is 24.3 Å². The van der Waals surface area contributed by atoms with E-state index in [1.807, 2.05) is 0 Å². The molecule has 0 saturated carbocycles. The highest BCUT2D eigenvalue weighted by molar-refractivity contribution is 5.94. The molecule has 0 radical (unpaired) electrons. The zero-order valence-electron chi connectivity index (χ0n) is 11.5. The Bertz CT molecular complexity index is 594. The molecule has 1 amide bonds. The van der Waals surface area contributed by atoms with E-state index >= 15 is 0 Å². The minimum absolute atomic E-state index is 0.165. The number of nitrogen functional groups attached to an aromatic ring is 1. The lowest BCUT2D eigenvalue weighted by Gasteiger charge is -2.16. The number of aromatic hydroxyl groups is 1. The van der Waals surface area contributed by atoms with Gasteiger partial charge in [0.05, 0.1) is 12.6 Å². The summed E-state index contributed by atoms with van der Waals surface area (Å²) in [7, 11) is 0. The summed E-state index contributed by atoms with van der Waals surface area (Å²) >= 11 is 0. The Morgan fingerprint density at radius 2 is 1.71 bits per heavy atom. The molecule has 5 nitrogen and oxygen atoms in total. The molecule has 0 aromatic heterocycles. The average molecular weight is 286 g/mol. The molecule has 0 fully saturated rings. The van der Waals surface area contributed by atoms with Gasteiger partial charge in [-0.2, -0.15) is 0 Å². The van der Waals surface area contributed by atoms with Gasteiger partial charge in [-0.15, -0.1) is 0 Å². The van der Waals surface area contributed by atoms with Crippen molar-refractivity contribution in [1.29, 1.82) is 0 Å². The number of carbonyl (C=O) groups excluding carboxylic acids is 1. The van der Waals surface area contributed by atoms with E-state index in [0.29, 0.717) is 17.7 Å². The van der Waals surface area contributed by atoms with Crippen molar-refractivity contribution in [3.8, 4) is 5.75 Å². The maximum absolute atomic E-state index is 12.1. The van der Waals surface area contributed by atoms with Crippen LogP contribution in [0.4, 0.5) is 5.69 Å². The van der Waals surface area contributed by atoms with Crippen molar-refractivity contribution >= 4 is 11.6 Å². The molecule has 1 unspecified atom stereocenters. The smallest absolute Gasteiger partial charge is 0.251 e. The normalized spacial score (nSPS) is 11.9. The van der Waals surface area contributed by atoms with E-state index in [0.717, 1.165) is 5.56 Å². The first kappa shape index (κ1) is 14.9. The second-order valence-corrected chi connectivity index (χ2v) is 4.85. The Kier molecular flexibility index (Phi) is 4.79. The number of benzene rings is 2. The van der Waals surface area contributed by atoms with Crippen LogP contribution < -0.4 is 11.1 Å². The van der Waals surface area contributed by atoms with Gasteiger partial charge in [-0.1, -0.05) is 12.1 Å². The molecule has 0 aliphatic heterocycles. The standard InChI is InChI=1S/C16H18N2O3/c17-13-5-3-12(4-6-13)16(21)18-14(10-19)9-11-1-7-15(20)8-2-11/h1-8,14,19-20H,9-10,17H2,(H,18,21). The number of phenols is 1. The minimum atomic E-state index is -0.389. The number of carbonyl (C=O) groups is 1. The highest BCUT2D eigenvalue weighted by atomic mass is 16.3. The quantitative estimate of drug-likeness (QED) is 0.623. The SMILES string of the molecule is Nc1ccc(C(=O)NC(CO)Cc2ccc(O)cc2)cc1. The molecule has 2 aromatic rings. The molecule has 5 N–H and O–H groups in total. The Balaban J connectivity index is 1.99. The fourth-order valence-corrected chi connectivity index (χ4v) is 1.98. The highest BCUT2D eigenvalue weighted by Gasteiger charge is 2.13. The van der Waals surface area contributed by atoms with Crippen molar-refractivity contribution in [3.63, 3.8) is 0 Å². The number of rotatable bonds is 5. The van der Waals surface area contributed by atoms with Gasteiger partial charge in [0.15, 0.2) is 0 Å². The van der Waals surface area contributed by atoms with Gasteiger partial charge in [-0.05, 0) is 48.4 Å². The van der Waals surface area contributed by atoms with Gasteiger partial charge in [0.2, 0.25) is 0 Å². The third-order valence-electron chi connectivity index (χ3n) is 3.15. The van der Waals surface area contributed by atoms with Crippen molar-refractivity contribution in [2.75, 3.05) is 12.3 Å². The van der Waals surface area contributed by atoms with Crippen LogP contribution in [0, 0.1) is 0 Å². The highest BCUT2D eigenvalue weighted by Crippen LogP contribution is 2.12. The Morgan fingerprint density at radius 3 is 2.29 bits per heavy atom. The number of anilines is 1. The van der Waals surface area contributed by atoms with E-state index in [4.69, 9.17) is 5.73 Å². The molecule has 0 heterocycles. The van der Waals surface area contributed by atoms with Crippen molar-refractivity contribution in [1.82, 2.24) is 5.32 Å². The first-order valence-electron chi connectivity index (χ1n) is 6.63. The van der Waals surface area contributed by atoms with Crippen molar-refractivity contribution < 1.29 is 15.0 Å². The topological polar surface area (TPSA) is 95.6 Å². The number of hydrogen-bond acceptors (Lipinski definition) is 4. The molecule has 110 valence electrons. The lowest BCUT2D eigenvalue weighted by atomic mass is 10.1. The number of hydrogen-bond donors (Lipinski definition) is 4. The van der Waals surface area contributed by atoms with E-state index < -0.39 is 0 Å². The van der Waals surface area contributed by atoms with Crippen LogP contribution >= 0.6 is 0 Å². The van der Waals surface area contributed by atoms with Gasteiger partial charge in [0, 0.05) is 11.3 Å². The largest absolute Gasteiger partial charge is 0.508 e. The summed E-state index contributed by atoms with van der Waals surface area (Å²) in [4.78, 5) is 12.1. The molecule has 1 atom stereocenters. The Hall–Kier alpha value is -2.53. The summed E-state index contributed by atoms with van der Waals surface area (Å²) < 4.78 is 0.